The van der Waals surface area contributed by atoms with Gasteiger partial charge in [-0.2, -0.15) is 0 Å². The third kappa shape index (κ3) is 4.62. The Morgan fingerprint density at radius 1 is 1.42 bits per heavy atom. The zero-order chi connectivity index (χ0) is 17.6. The molecule has 24 heavy (non-hydrogen) atoms. The fourth-order valence-corrected chi connectivity index (χ4v) is 3.53. The molecule has 2 fully saturated rings. The first-order chi connectivity index (χ1) is 11.5. The molecule has 0 aromatic rings. The normalized spacial score (nSPS) is 28.7. The molecule has 0 aromatic heterocycles. The number of nitrogens with one attached hydrogen (secondary N) is 2. The summed E-state index contributed by atoms with van der Waals surface area (Å²) >= 11 is 0. The molecule has 2 aliphatic rings. The summed E-state index contributed by atoms with van der Waals surface area (Å²) in [7, 11) is 0. The molecule has 0 bridgehead atoms. The van der Waals surface area contributed by atoms with Crippen molar-refractivity contribution in [2.45, 2.75) is 51.3 Å². The Hall–Kier alpha value is -1.29. The van der Waals surface area contributed by atoms with E-state index in [0.29, 0.717) is 6.54 Å². The molecule has 2 N–H and O–H groups in total. The summed E-state index contributed by atoms with van der Waals surface area (Å²) in [5.41, 5.74) is -0.0234. The first-order valence-corrected chi connectivity index (χ1v) is 8.95. The van der Waals surface area contributed by atoms with Crippen molar-refractivity contribution in [3.63, 3.8) is 0 Å². The Balaban J connectivity index is 1.89. The number of carbonyl (C=O) groups is 1. The Morgan fingerprint density at radius 2 is 2.08 bits per heavy atom. The molecule has 1 atom stereocenters. The fourth-order valence-electron chi connectivity index (χ4n) is 3.53. The molecule has 2 amide bonds. The SMILES string of the molecule is C#C[C@H](NC(=O)NCC1(N2CCOCC2)CC(OCC)C1)C(C)C. The van der Waals surface area contributed by atoms with Crippen LogP contribution in [0.3, 0.4) is 0 Å². The van der Waals surface area contributed by atoms with Gasteiger partial charge < -0.3 is 20.1 Å². The molecule has 1 heterocycles. The van der Waals surface area contributed by atoms with Crippen molar-refractivity contribution in [1.82, 2.24) is 15.5 Å². The van der Waals surface area contributed by atoms with E-state index in [1.165, 1.54) is 0 Å². The van der Waals surface area contributed by atoms with Gasteiger partial charge in [0, 0.05) is 31.8 Å². The monoisotopic (exact) mass is 337 g/mol. The van der Waals surface area contributed by atoms with E-state index >= 15 is 0 Å². The number of terminal acetylenes is 1. The molecule has 136 valence electrons. The molecule has 0 spiro atoms. The highest BCUT2D eigenvalue weighted by molar-refractivity contribution is 5.74. The number of ether oxygens (including phenoxy) is 2. The highest BCUT2D eigenvalue weighted by Crippen LogP contribution is 2.39. The van der Waals surface area contributed by atoms with Gasteiger partial charge in [0.15, 0.2) is 0 Å². The maximum atomic E-state index is 12.2. The van der Waals surface area contributed by atoms with Gasteiger partial charge in [0.2, 0.25) is 0 Å². The van der Waals surface area contributed by atoms with Crippen LogP contribution in [0.4, 0.5) is 4.79 Å². The van der Waals surface area contributed by atoms with E-state index < -0.39 is 0 Å². The number of carbonyl (C=O) groups excluding carboxylic acids is 1. The van der Waals surface area contributed by atoms with Crippen LogP contribution in [-0.4, -0.2) is 68.1 Å². The number of urea groups is 1. The van der Waals surface area contributed by atoms with E-state index in [-0.39, 0.29) is 29.6 Å². The first kappa shape index (κ1) is 19.0. The Bertz CT molecular complexity index is 449. The smallest absolute Gasteiger partial charge is 0.315 e. The summed E-state index contributed by atoms with van der Waals surface area (Å²) < 4.78 is 11.2. The largest absolute Gasteiger partial charge is 0.379 e. The third-order valence-corrected chi connectivity index (χ3v) is 5.01. The summed E-state index contributed by atoms with van der Waals surface area (Å²) in [6.45, 7) is 10.7. The zero-order valence-corrected chi connectivity index (χ0v) is 15.1. The second-order valence-electron chi connectivity index (χ2n) is 7.02. The number of rotatable bonds is 7. The van der Waals surface area contributed by atoms with Gasteiger partial charge in [-0.3, -0.25) is 4.90 Å². The molecule has 0 aromatic carbocycles. The van der Waals surface area contributed by atoms with Crippen LogP contribution < -0.4 is 10.6 Å². The molecule has 1 saturated carbocycles. The summed E-state index contributed by atoms with van der Waals surface area (Å²) in [5.74, 6) is 2.83. The quantitative estimate of drug-likeness (QED) is 0.686. The summed E-state index contributed by atoms with van der Waals surface area (Å²) in [6.07, 6.45) is 7.66. The maximum absolute atomic E-state index is 12.2. The Kier molecular flexibility index (Phi) is 6.90. The fraction of sp³-hybridized carbons (Fsp3) is 0.833. The van der Waals surface area contributed by atoms with Crippen LogP contribution in [0, 0.1) is 18.3 Å². The van der Waals surface area contributed by atoms with E-state index in [1.807, 2.05) is 20.8 Å². The Labute approximate surface area is 145 Å². The Morgan fingerprint density at radius 3 is 2.62 bits per heavy atom. The lowest BCUT2D eigenvalue weighted by atomic mass is 9.72. The predicted octanol–water partition coefficient (Wildman–Crippen LogP) is 1.21. The van der Waals surface area contributed by atoms with E-state index in [0.717, 1.165) is 45.8 Å². The van der Waals surface area contributed by atoms with Gasteiger partial charge in [-0.25, -0.2) is 4.79 Å². The minimum atomic E-state index is -0.248. The zero-order valence-electron chi connectivity index (χ0n) is 15.1. The number of nitrogens with zero attached hydrogens (tertiary/aromatic N) is 1. The molecular formula is C18H31N3O3. The van der Waals surface area contributed by atoms with Gasteiger partial charge in [-0.15, -0.1) is 6.42 Å². The number of hydrogen-bond acceptors (Lipinski definition) is 4. The molecule has 0 radical (unpaired) electrons. The average molecular weight is 337 g/mol. The van der Waals surface area contributed by atoms with Gasteiger partial charge in [0.05, 0.1) is 25.4 Å². The number of morpholine rings is 1. The van der Waals surface area contributed by atoms with Crippen LogP contribution in [0.1, 0.15) is 33.6 Å². The number of hydrogen-bond donors (Lipinski definition) is 2. The molecule has 6 heteroatoms. The molecule has 1 aliphatic heterocycles. The van der Waals surface area contributed by atoms with Crippen molar-refractivity contribution in [1.29, 1.82) is 0 Å². The lowest BCUT2D eigenvalue weighted by molar-refractivity contribution is -0.124. The molecule has 6 nitrogen and oxygen atoms in total. The second-order valence-corrected chi connectivity index (χ2v) is 7.02. The summed E-state index contributed by atoms with van der Waals surface area (Å²) in [4.78, 5) is 14.6. The molecular weight excluding hydrogens is 306 g/mol. The minimum absolute atomic E-state index is 0.0234. The predicted molar refractivity (Wildman–Crippen MR) is 93.8 cm³/mol. The van der Waals surface area contributed by atoms with Crippen molar-refractivity contribution in [3.05, 3.63) is 0 Å². The van der Waals surface area contributed by atoms with Crippen LogP contribution in [0.15, 0.2) is 0 Å². The third-order valence-electron chi connectivity index (χ3n) is 5.01. The summed E-state index contributed by atoms with van der Waals surface area (Å²) in [5, 5.41) is 5.89. The average Bonchev–Trinajstić information content (AvgIpc) is 2.55. The van der Waals surface area contributed by atoms with Gasteiger partial charge in [-0.05, 0) is 25.7 Å². The van der Waals surface area contributed by atoms with E-state index in [4.69, 9.17) is 15.9 Å². The molecule has 2 rings (SSSR count). The second kappa shape index (κ2) is 8.70. The van der Waals surface area contributed by atoms with Gasteiger partial charge in [0.25, 0.3) is 0 Å². The van der Waals surface area contributed by atoms with Gasteiger partial charge in [0.1, 0.15) is 0 Å². The van der Waals surface area contributed by atoms with Crippen molar-refractivity contribution in [2.75, 3.05) is 39.5 Å². The summed E-state index contributed by atoms with van der Waals surface area (Å²) in [6, 6.07) is -0.443. The van der Waals surface area contributed by atoms with E-state index in [2.05, 4.69) is 21.5 Å². The van der Waals surface area contributed by atoms with Crippen LogP contribution in [0.2, 0.25) is 0 Å². The minimum Gasteiger partial charge on any atom is -0.379 e. The topological polar surface area (TPSA) is 62.8 Å². The van der Waals surface area contributed by atoms with E-state index in [9.17, 15) is 4.79 Å². The van der Waals surface area contributed by atoms with Crippen LogP contribution in [0.5, 0.6) is 0 Å². The maximum Gasteiger partial charge on any atom is 0.315 e. The van der Waals surface area contributed by atoms with Gasteiger partial charge >= 0.3 is 6.03 Å². The highest BCUT2D eigenvalue weighted by atomic mass is 16.5. The molecule has 0 unspecified atom stereocenters. The molecule has 1 aliphatic carbocycles. The van der Waals surface area contributed by atoms with Crippen molar-refractivity contribution < 1.29 is 14.3 Å². The van der Waals surface area contributed by atoms with Crippen molar-refractivity contribution >= 4 is 6.03 Å². The standard InChI is InChI=1S/C18H31N3O3/c1-5-16(14(3)4)20-17(22)19-13-18(11-15(12-18)24-6-2)21-7-9-23-10-8-21/h1,14-16H,6-13H2,2-4H3,(H2,19,20,22)/t15?,16-,18?/m0/s1. The van der Waals surface area contributed by atoms with E-state index in [1.54, 1.807) is 0 Å². The molecule has 1 saturated heterocycles. The van der Waals surface area contributed by atoms with Gasteiger partial charge in [-0.1, -0.05) is 19.8 Å². The number of amides is 2. The first-order valence-electron chi connectivity index (χ1n) is 8.95. The lowest BCUT2D eigenvalue weighted by Gasteiger charge is -2.55. The van der Waals surface area contributed by atoms with Crippen LogP contribution in [-0.2, 0) is 9.47 Å². The van der Waals surface area contributed by atoms with Crippen molar-refractivity contribution in [2.24, 2.45) is 5.92 Å². The lowest BCUT2D eigenvalue weighted by Crippen LogP contribution is -2.67. The highest BCUT2D eigenvalue weighted by Gasteiger charge is 2.49. The van der Waals surface area contributed by atoms with Crippen LogP contribution in [0.25, 0.3) is 0 Å². The van der Waals surface area contributed by atoms with Crippen LogP contribution >= 0.6 is 0 Å². The van der Waals surface area contributed by atoms with Crippen molar-refractivity contribution in [3.8, 4) is 12.3 Å².